The number of carbonyl (C=O) groups excluding carboxylic acids is 1. The fourth-order valence-electron chi connectivity index (χ4n) is 4.05. The van der Waals surface area contributed by atoms with Crippen LogP contribution in [0.2, 0.25) is 0 Å². The van der Waals surface area contributed by atoms with Gasteiger partial charge in [0, 0.05) is 38.0 Å². The molecule has 2 heterocycles. The van der Waals surface area contributed by atoms with Gasteiger partial charge >= 0.3 is 0 Å². The number of carbonyl (C=O) groups is 1. The molecule has 4 rings (SSSR count). The molecule has 1 aliphatic heterocycles. The molecule has 1 saturated heterocycles. The van der Waals surface area contributed by atoms with Crippen LogP contribution in [0, 0.1) is 0 Å². The number of thiazole rings is 1. The highest BCUT2D eigenvalue weighted by molar-refractivity contribution is 7.90. The molecule has 1 amide bonds. The normalized spacial score (nSPS) is 14.2. The largest absolute Gasteiger partial charge is 0.490 e. The van der Waals surface area contributed by atoms with Crippen molar-refractivity contribution in [1.82, 2.24) is 9.88 Å². The summed E-state index contributed by atoms with van der Waals surface area (Å²) in [7, 11) is -3.28. The topological polar surface area (TPSA) is 98.3 Å². The predicted octanol–water partition coefficient (Wildman–Crippen LogP) is 3.86. The minimum Gasteiger partial charge on any atom is -0.490 e. The molecule has 0 N–H and O–H groups in total. The van der Waals surface area contributed by atoms with Crippen molar-refractivity contribution in [3.05, 3.63) is 35.9 Å². The Kier molecular flexibility index (Phi) is 7.89. The van der Waals surface area contributed by atoms with Crippen LogP contribution in [-0.2, 0) is 9.84 Å². The van der Waals surface area contributed by atoms with Gasteiger partial charge in [0.05, 0.1) is 34.9 Å². The Labute approximate surface area is 215 Å². The van der Waals surface area contributed by atoms with Crippen molar-refractivity contribution in [2.45, 2.75) is 25.7 Å². The summed E-state index contributed by atoms with van der Waals surface area (Å²) >= 11 is 1.46. The van der Waals surface area contributed by atoms with E-state index in [1.807, 2.05) is 25.7 Å². The first-order valence-corrected chi connectivity index (χ1v) is 14.7. The lowest BCUT2D eigenvalue weighted by Gasteiger charge is -2.34. The van der Waals surface area contributed by atoms with E-state index in [1.165, 1.54) is 17.6 Å². The van der Waals surface area contributed by atoms with Crippen molar-refractivity contribution >= 4 is 42.4 Å². The monoisotopic (exact) mass is 533 g/mol. The van der Waals surface area contributed by atoms with E-state index < -0.39 is 9.84 Å². The number of piperazine rings is 1. The van der Waals surface area contributed by atoms with E-state index in [0.29, 0.717) is 68.8 Å². The summed E-state index contributed by atoms with van der Waals surface area (Å²) in [6, 6.07) is 8.44. The van der Waals surface area contributed by atoms with Crippen LogP contribution in [0.25, 0.3) is 10.2 Å². The number of amides is 1. The number of sulfone groups is 1. The number of hydrogen-bond donors (Lipinski definition) is 0. The number of rotatable bonds is 9. The summed E-state index contributed by atoms with van der Waals surface area (Å²) in [6.45, 7) is 9.30. The van der Waals surface area contributed by atoms with Crippen LogP contribution in [0.4, 0.5) is 5.13 Å². The van der Waals surface area contributed by atoms with Crippen molar-refractivity contribution in [2.24, 2.45) is 0 Å². The number of nitrogens with zero attached hydrogens (tertiary/aromatic N) is 3. The zero-order valence-corrected chi connectivity index (χ0v) is 22.6. The van der Waals surface area contributed by atoms with Gasteiger partial charge in [-0.15, -0.1) is 0 Å². The van der Waals surface area contributed by atoms with E-state index in [0.717, 1.165) is 15.3 Å². The van der Waals surface area contributed by atoms with Gasteiger partial charge in [0.15, 0.2) is 26.5 Å². The third kappa shape index (κ3) is 5.52. The van der Waals surface area contributed by atoms with Gasteiger partial charge in [-0.3, -0.25) is 4.79 Å². The van der Waals surface area contributed by atoms with E-state index >= 15 is 0 Å². The molecule has 0 radical (unpaired) electrons. The number of aromatic nitrogens is 1. The smallest absolute Gasteiger partial charge is 0.254 e. The van der Waals surface area contributed by atoms with E-state index in [-0.39, 0.29) is 10.8 Å². The SMILES string of the molecule is CCOc1cc(C(=O)N2CCN(c3nc4ccc(S(C)(=O)=O)cc4s3)CC2)cc(OCC)c1OCC. The first kappa shape index (κ1) is 26.0. The average Bonchev–Trinajstić information content (AvgIpc) is 3.29. The number of hydrogen-bond acceptors (Lipinski definition) is 9. The highest BCUT2D eigenvalue weighted by atomic mass is 32.2. The molecule has 194 valence electrons. The lowest BCUT2D eigenvalue weighted by atomic mass is 10.1. The summed E-state index contributed by atoms with van der Waals surface area (Å²) in [6.07, 6.45) is 1.20. The Bertz CT molecular complexity index is 1320. The number of benzene rings is 2. The Morgan fingerprint density at radius 1 is 0.944 bits per heavy atom. The molecule has 11 heteroatoms. The fraction of sp³-hybridized carbons (Fsp3) is 0.440. The highest BCUT2D eigenvalue weighted by Gasteiger charge is 2.26. The van der Waals surface area contributed by atoms with Crippen LogP contribution in [0.15, 0.2) is 35.2 Å². The Balaban J connectivity index is 1.50. The van der Waals surface area contributed by atoms with Gasteiger partial charge in [-0.2, -0.15) is 0 Å². The molecule has 1 fully saturated rings. The van der Waals surface area contributed by atoms with Crippen LogP contribution in [0.3, 0.4) is 0 Å². The molecule has 0 bridgehead atoms. The lowest BCUT2D eigenvalue weighted by molar-refractivity contribution is 0.0745. The average molecular weight is 534 g/mol. The molecule has 1 aromatic heterocycles. The highest BCUT2D eigenvalue weighted by Crippen LogP contribution is 2.39. The zero-order chi connectivity index (χ0) is 25.9. The van der Waals surface area contributed by atoms with Crippen molar-refractivity contribution < 1.29 is 27.4 Å². The van der Waals surface area contributed by atoms with Gasteiger partial charge in [-0.25, -0.2) is 13.4 Å². The first-order chi connectivity index (χ1) is 17.2. The molecule has 3 aromatic rings. The van der Waals surface area contributed by atoms with Gasteiger partial charge in [-0.1, -0.05) is 11.3 Å². The summed E-state index contributed by atoms with van der Waals surface area (Å²) in [4.78, 5) is 22.3. The summed E-state index contributed by atoms with van der Waals surface area (Å²) < 4.78 is 41.9. The second kappa shape index (κ2) is 10.9. The Hall–Kier alpha value is -3.05. The minimum atomic E-state index is -3.28. The number of ether oxygens (including phenoxy) is 3. The second-order valence-corrected chi connectivity index (χ2v) is 11.3. The summed E-state index contributed by atoms with van der Waals surface area (Å²) in [5.74, 6) is 1.41. The Morgan fingerprint density at radius 2 is 1.56 bits per heavy atom. The molecule has 0 atom stereocenters. The van der Waals surface area contributed by atoms with Gasteiger partial charge in [0.1, 0.15) is 0 Å². The van der Waals surface area contributed by atoms with Crippen LogP contribution < -0.4 is 19.1 Å². The molecule has 0 saturated carbocycles. The molecular formula is C25H31N3O6S2. The number of fused-ring (bicyclic) bond motifs is 1. The van der Waals surface area contributed by atoms with E-state index in [2.05, 4.69) is 9.88 Å². The van der Waals surface area contributed by atoms with Crippen molar-refractivity contribution in [3.8, 4) is 17.2 Å². The van der Waals surface area contributed by atoms with Crippen LogP contribution >= 0.6 is 11.3 Å². The maximum Gasteiger partial charge on any atom is 0.254 e. The van der Waals surface area contributed by atoms with E-state index in [1.54, 1.807) is 30.3 Å². The van der Waals surface area contributed by atoms with Crippen molar-refractivity contribution in [1.29, 1.82) is 0 Å². The number of anilines is 1. The lowest BCUT2D eigenvalue weighted by Crippen LogP contribution is -2.48. The minimum absolute atomic E-state index is 0.0956. The second-order valence-electron chi connectivity index (χ2n) is 8.28. The van der Waals surface area contributed by atoms with E-state index in [4.69, 9.17) is 14.2 Å². The quantitative estimate of drug-likeness (QED) is 0.409. The van der Waals surface area contributed by atoms with E-state index in [9.17, 15) is 13.2 Å². The van der Waals surface area contributed by atoms with Gasteiger partial charge in [0.25, 0.3) is 5.91 Å². The van der Waals surface area contributed by atoms with Gasteiger partial charge in [0.2, 0.25) is 5.75 Å². The molecule has 0 unspecified atom stereocenters. The van der Waals surface area contributed by atoms with Crippen LogP contribution in [0.5, 0.6) is 17.2 Å². The van der Waals surface area contributed by atoms with Crippen LogP contribution in [-0.4, -0.2) is 76.5 Å². The zero-order valence-electron chi connectivity index (χ0n) is 20.9. The first-order valence-electron chi connectivity index (χ1n) is 12.0. The standard InChI is InChI=1S/C25H31N3O6S2/c1-5-32-20-14-17(15-21(33-6-2)23(20)34-7-3)24(29)27-10-12-28(13-11-27)25-26-19-9-8-18(36(4,30)31)16-22(19)35-25/h8-9,14-16H,5-7,10-13H2,1-4H3. The molecule has 9 nitrogen and oxygen atoms in total. The summed E-state index contributed by atoms with van der Waals surface area (Å²) in [5.41, 5.74) is 1.26. The molecule has 2 aromatic carbocycles. The van der Waals surface area contributed by atoms with Gasteiger partial charge in [-0.05, 0) is 51.1 Å². The molecular weight excluding hydrogens is 502 g/mol. The third-order valence-electron chi connectivity index (χ3n) is 5.77. The Morgan fingerprint density at radius 3 is 2.11 bits per heavy atom. The summed E-state index contributed by atoms with van der Waals surface area (Å²) in [5, 5.41) is 0.820. The van der Waals surface area contributed by atoms with Crippen molar-refractivity contribution in [2.75, 3.05) is 57.2 Å². The fourth-order valence-corrected chi connectivity index (χ4v) is 5.83. The van der Waals surface area contributed by atoms with Gasteiger partial charge < -0.3 is 24.0 Å². The van der Waals surface area contributed by atoms with Crippen molar-refractivity contribution in [3.63, 3.8) is 0 Å². The van der Waals surface area contributed by atoms with Crippen LogP contribution in [0.1, 0.15) is 31.1 Å². The maximum absolute atomic E-state index is 13.4. The molecule has 1 aliphatic rings. The molecule has 36 heavy (non-hydrogen) atoms. The maximum atomic E-state index is 13.4. The predicted molar refractivity (Wildman–Crippen MR) is 141 cm³/mol. The third-order valence-corrected chi connectivity index (χ3v) is 7.96. The molecule has 0 spiro atoms. The molecule has 0 aliphatic carbocycles.